The van der Waals surface area contributed by atoms with Gasteiger partial charge in [-0.3, -0.25) is 0 Å². The van der Waals surface area contributed by atoms with Gasteiger partial charge in [-0.05, 0) is 6.08 Å². The van der Waals surface area contributed by atoms with Crippen molar-refractivity contribution in [3.8, 4) is 0 Å². The molecule has 1 unspecified atom stereocenters. The van der Waals surface area contributed by atoms with Crippen molar-refractivity contribution in [1.82, 2.24) is 0 Å². The third-order valence-electron chi connectivity index (χ3n) is 1.75. The average molecular weight is 203 g/mol. The van der Waals surface area contributed by atoms with Gasteiger partial charge in [0.15, 0.2) is 0 Å². The van der Waals surface area contributed by atoms with E-state index < -0.39 is 0 Å². The molecule has 1 nitrogen and oxygen atoms in total. The first-order valence-electron chi connectivity index (χ1n) is 3.27. The first-order valence-corrected chi connectivity index (χ1v) is 4.06. The quantitative estimate of drug-likeness (QED) is 0.639. The zero-order valence-electron chi connectivity index (χ0n) is 6.13. The van der Waals surface area contributed by atoms with E-state index in [4.69, 9.17) is 0 Å². The Labute approximate surface area is 69.6 Å². The lowest BCUT2D eigenvalue weighted by atomic mass is 9.83. The molecule has 1 aliphatic rings. The molecule has 1 atom stereocenters. The van der Waals surface area contributed by atoms with E-state index in [1.807, 2.05) is 26.0 Å². The molecule has 0 saturated heterocycles. The number of halogens is 1. The highest BCUT2D eigenvalue weighted by molar-refractivity contribution is 9.11. The molecule has 0 radical (unpaired) electrons. The molecule has 0 heterocycles. The molecular weight excluding hydrogens is 192 g/mol. The molecule has 2 heteroatoms. The average Bonchev–Trinajstić information content (AvgIpc) is 1.81. The van der Waals surface area contributed by atoms with E-state index >= 15 is 0 Å². The highest BCUT2D eigenvalue weighted by Gasteiger charge is 2.25. The predicted octanol–water partition coefficient (Wildman–Crippen LogP) is 2.22. The molecule has 1 aliphatic carbocycles. The van der Waals surface area contributed by atoms with Gasteiger partial charge in [0.1, 0.15) is 0 Å². The summed E-state index contributed by atoms with van der Waals surface area (Å²) in [5.41, 5.74) is -0.114. The summed E-state index contributed by atoms with van der Waals surface area (Å²) in [5.74, 6) is 0. The van der Waals surface area contributed by atoms with E-state index in [0.29, 0.717) is 0 Å². The SMILES string of the molecule is CC1(C)C=CC(Br)=CC1O. The second-order valence-electron chi connectivity index (χ2n) is 3.15. The highest BCUT2D eigenvalue weighted by Crippen LogP contribution is 2.30. The fourth-order valence-electron chi connectivity index (χ4n) is 0.814. The lowest BCUT2D eigenvalue weighted by Crippen LogP contribution is -2.27. The summed E-state index contributed by atoms with van der Waals surface area (Å²) in [5, 5.41) is 9.45. The van der Waals surface area contributed by atoms with Gasteiger partial charge >= 0.3 is 0 Å². The smallest absolute Gasteiger partial charge is 0.0820 e. The molecular formula is C8H11BrO. The molecule has 0 saturated carbocycles. The van der Waals surface area contributed by atoms with E-state index in [1.54, 1.807) is 6.08 Å². The summed E-state index contributed by atoms with van der Waals surface area (Å²) >= 11 is 3.29. The van der Waals surface area contributed by atoms with Crippen LogP contribution in [-0.4, -0.2) is 11.2 Å². The monoisotopic (exact) mass is 202 g/mol. The van der Waals surface area contributed by atoms with Crippen molar-refractivity contribution < 1.29 is 5.11 Å². The molecule has 0 fully saturated rings. The predicted molar refractivity (Wildman–Crippen MR) is 45.9 cm³/mol. The van der Waals surface area contributed by atoms with Crippen LogP contribution < -0.4 is 0 Å². The minimum atomic E-state index is -0.369. The van der Waals surface area contributed by atoms with Crippen molar-refractivity contribution in [2.75, 3.05) is 0 Å². The van der Waals surface area contributed by atoms with Crippen LogP contribution in [0.1, 0.15) is 13.8 Å². The Morgan fingerprint density at radius 1 is 1.60 bits per heavy atom. The van der Waals surface area contributed by atoms with Gasteiger partial charge < -0.3 is 5.11 Å². The van der Waals surface area contributed by atoms with Crippen LogP contribution in [0, 0.1) is 5.41 Å². The minimum absolute atomic E-state index is 0.114. The molecule has 0 aliphatic heterocycles. The van der Waals surface area contributed by atoms with E-state index in [0.717, 1.165) is 4.48 Å². The van der Waals surface area contributed by atoms with Gasteiger partial charge in [0.25, 0.3) is 0 Å². The van der Waals surface area contributed by atoms with Crippen LogP contribution in [-0.2, 0) is 0 Å². The van der Waals surface area contributed by atoms with Crippen LogP contribution in [0.4, 0.5) is 0 Å². The topological polar surface area (TPSA) is 20.2 Å². The van der Waals surface area contributed by atoms with Crippen molar-refractivity contribution in [2.24, 2.45) is 5.41 Å². The zero-order valence-corrected chi connectivity index (χ0v) is 7.72. The summed E-state index contributed by atoms with van der Waals surface area (Å²) in [6, 6.07) is 0. The Kier molecular flexibility index (Phi) is 2.02. The van der Waals surface area contributed by atoms with E-state index in [9.17, 15) is 5.11 Å². The number of hydrogen-bond acceptors (Lipinski definition) is 1. The summed E-state index contributed by atoms with van der Waals surface area (Å²) in [4.78, 5) is 0. The summed E-state index contributed by atoms with van der Waals surface area (Å²) in [6.45, 7) is 4.01. The van der Waals surface area contributed by atoms with Crippen LogP contribution >= 0.6 is 15.9 Å². The first kappa shape index (κ1) is 8.02. The third-order valence-corrected chi connectivity index (χ3v) is 2.28. The second kappa shape index (κ2) is 2.51. The van der Waals surface area contributed by atoms with Gasteiger partial charge in [-0.2, -0.15) is 0 Å². The number of aliphatic hydroxyl groups excluding tert-OH is 1. The number of hydrogen-bond donors (Lipinski definition) is 1. The molecule has 0 aromatic rings. The molecule has 56 valence electrons. The van der Waals surface area contributed by atoms with Crippen LogP contribution in [0.15, 0.2) is 22.7 Å². The lowest BCUT2D eigenvalue weighted by molar-refractivity contribution is 0.124. The first-order chi connectivity index (χ1) is 4.52. The Hall–Kier alpha value is -0.0800. The van der Waals surface area contributed by atoms with E-state index in [-0.39, 0.29) is 11.5 Å². The lowest BCUT2D eigenvalue weighted by Gasteiger charge is -2.27. The minimum Gasteiger partial charge on any atom is -0.388 e. The molecule has 0 aromatic heterocycles. The fourth-order valence-corrected chi connectivity index (χ4v) is 1.20. The van der Waals surface area contributed by atoms with Crippen LogP contribution in [0.25, 0.3) is 0 Å². The fraction of sp³-hybridized carbons (Fsp3) is 0.500. The van der Waals surface area contributed by atoms with Gasteiger partial charge in [0.2, 0.25) is 0 Å². The summed E-state index contributed by atoms with van der Waals surface area (Å²) in [7, 11) is 0. The molecule has 0 amide bonds. The largest absolute Gasteiger partial charge is 0.388 e. The van der Waals surface area contributed by atoms with Gasteiger partial charge in [-0.15, -0.1) is 0 Å². The summed E-state index contributed by atoms with van der Waals surface area (Å²) < 4.78 is 0.958. The Balaban J connectivity index is 2.84. The van der Waals surface area contributed by atoms with Crippen LogP contribution in [0.2, 0.25) is 0 Å². The Morgan fingerprint density at radius 2 is 2.20 bits per heavy atom. The van der Waals surface area contributed by atoms with Crippen molar-refractivity contribution in [3.05, 3.63) is 22.7 Å². The number of rotatable bonds is 0. The molecule has 10 heavy (non-hydrogen) atoms. The molecule has 0 spiro atoms. The van der Waals surface area contributed by atoms with Gasteiger partial charge in [0, 0.05) is 9.90 Å². The molecule has 1 N–H and O–H groups in total. The zero-order chi connectivity index (χ0) is 7.78. The maximum absolute atomic E-state index is 9.45. The molecule has 0 aromatic carbocycles. The molecule has 1 rings (SSSR count). The number of aliphatic hydroxyl groups is 1. The van der Waals surface area contributed by atoms with Crippen molar-refractivity contribution in [1.29, 1.82) is 0 Å². The standard InChI is InChI=1S/C8H11BrO/c1-8(2)4-3-6(9)5-7(8)10/h3-5,7,10H,1-2H3. The van der Waals surface area contributed by atoms with Crippen LogP contribution in [0.3, 0.4) is 0 Å². The maximum Gasteiger partial charge on any atom is 0.0820 e. The Morgan fingerprint density at radius 3 is 2.60 bits per heavy atom. The second-order valence-corrected chi connectivity index (χ2v) is 4.07. The number of allylic oxidation sites excluding steroid dienone is 2. The van der Waals surface area contributed by atoms with Crippen LogP contribution in [0.5, 0.6) is 0 Å². The van der Waals surface area contributed by atoms with Gasteiger partial charge in [-0.25, -0.2) is 0 Å². The maximum atomic E-state index is 9.45. The van der Waals surface area contributed by atoms with Crippen molar-refractivity contribution in [2.45, 2.75) is 20.0 Å². The third kappa shape index (κ3) is 1.50. The van der Waals surface area contributed by atoms with E-state index in [1.165, 1.54) is 0 Å². The Bertz CT molecular complexity index is 191. The van der Waals surface area contributed by atoms with E-state index in [2.05, 4.69) is 15.9 Å². The highest BCUT2D eigenvalue weighted by atomic mass is 79.9. The van der Waals surface area contributed by atoms with Gasteiger partial charge in [-0.1, -0.05) is 41.9 Å². The molecule has 0 bridgehead atoms. The van der Waals surface area contributed by atoms with Crippen molar-refractivity contribution in [3.63, 3.8) is 0 Å². The normalized spacial score (nSPS) is 30.0. The summed E-state index contributed by atoms with van der Waals surface area (Å²) in [6.07, 6.45) is 5.40. The van der Waals surface area contributed by atoms with Gasteiger partial charge in [0.05, 0.1) is 6.10 Å². The van der Waals surface area contributed by atoms with Crippen molar-refractivity contribution >= 4 is 15.9 Å².